The highest BCUT2D eigenvalue weighted by Crippen LogP contribution is 2.35. The molecule has 3 nitrogen and oxygen atoms in total. The van der Waals surface area contributed by atoms with Crippen molar-refractivity contribution >= 4 is 5.57 Å². The minimum absolute atomic E-state index is 0.580. The summed E-state index contributed by atoms with van der Waals surface area (Å²) in [6.07, 6.45) is 8.87. The van der Waals surface area contributed by atoms with Crippen molar-refractivity contribution in [2.45, 2.75) is 18.9 Å². The van der Waals surface area contributed by atoms with Gasteiger partial charge in [0.05, 0.1) is 6.20 Å². The Balaban J connectivity index is 1.96. The number of aromatic nitrogens is 2. The fraction of sp³-hybridized carbons (Fsp3) is 0.500. The van der Waals surface area contributed by atoms with Gasteiger partial charge in [0.15, 0.2) is 0 Å². The van der Waals surface area contributed by atoms with Gasteiger partial charge in [-0.15, -0.1) is 0 Å². The second-order valence-corrected chi connectivity index (χ2v) is 3.90. The van der Waals surface area contributed by atoms with Gasteiger partial charge in [-0.3, -0.25) is 5.10 Å². The third kappa shape index (κ3) is 1.11. The Kier molecular flexibility index (Phi) is 1.52. The minimum atomic E-state index is 0.580. The molecule has 0 radical (unpaired) electrons. The number of hydrogen-bond donors (Lipinski definition) is 2. The van der Waals surface area contributed by atoms with Gasteiger partial charge in [0, 0.05) is 17.8 Å². The molecule has 0 saturated carbocycles. The van der Waals surface area contributed by atoms with E-state index >= 15 is 0 Å². The van der Waals surface area contributed by atoms with Gasteiger partial charge in [0.25, 0.3) is 0 Å². The SMILES string of the molecule is C1=C(c2cn[nH]c2)C2CC1CCN2. The van der Waals surface area contributed by atoms with E-state index in [0.29, 0.717) is 6.04 Å². The number of hydrogen-bond acceptors (Lipinski definition) is 2. The van der Waals surface area contributed by atoms with Crippen LogP contribution in [-0.4, -0.2) is 22.8 Å². The highest BCUT2D eigenvalue weighted by Gasteiger charge is 2.30. The third-order valence-corrected chi connectivity index (χ3v) is 3.07. The number of H-pyrrole nitrogens is 1. The van der Waals surface area contributed by atoms with Gasteiger partial charge in [-0.2, -0.15) is 5.10 Å². The predicted octanol–water partition coefficient (Wildman–Crippen LogP) is 1.17. The van der Waals surface area contributed by atoms with Crippen molar-refractivity contribution in [3.8, 4) is 0 Å². The standard InChI is InChI=1S/C10H13N3/c1-2-11-10-4-7(1)3-9(10)8-5-12-13-6-8/h3,5-7,10-11H,1-2,4H2,(H,12,13). The van der Waals surface area contributed by atoms with E-state index in [1.54, 1.807) is 0 Å². The van der Waals surface area contributed by atoms with E-state index in [-0.39, 0.29) is 0 Å². The van der Waals surface area contributed by atoms with Crippen LogP contribution in [-0.2, 0) is 0 Å². The van der Waals surface area contributed by atoms with E-state index in [1.165, 1.54) is 24.0 Å². The maximum absolute atomic E-state index is 3.99. The molecule has 2 unspecified atom stereocenters. The lowest BCUT2D eigenvalue weighted by atomic mass is 9.99. The summed E-state index contributed by atoms with van der Waals surface area (Å²) in [6, 6.07) is 0.580. The number of nitrogens with zero attached hydrogens (tertiary/aromatic N) is 1. The first-order valence-corrected chi connectivity index (χ1v) is 4.88. The summed E-state index contributed by atoms with van der Waals surface area (Å²) >= 11 is 0. The predicted molar refractivity (Wildman–Crippen MR) is 51.1 cm³/mol. The summed E-state index contributed by atoms with van der Waals surface area (Å²) in [5.41, 5.74) is 2.69. The van der Waals surface area contributed by atoms with Crippen LogP contribution in [0.3, 0.4) is 0 Å². The molecule has 2 heterocycles. The molecule has 3 heteroatoms. The quantitative estimate of drug-likeness (QED) is 0.672. The molecule has 1 aromatic heterocycles. The first kappa shape index (κ1) is 7.33. The van der Waals surface area contributed by atoms with Crippen LogP contribution in [0.25, 0.3) is 5.57 Å². The molecule has 0 spiro atoms. The van der Waals surface area contributed by atoms with Gasteiger partial charge >= 0.3 is 0 Å². The smallest absolute Gasteiger partial charge is 0.0562 e. The summed E-state index contributed by atoms with van der Waals surface area (Å²) in [4.78, 5) is 0. The molecular weight excluding hydrogens is 162 g/mol. The van der Waals surface area contributed by atoms with Crippen LogP contribution in [0.1, 0.15) is 18.4 Å². The summed E-state index contributed by atoms with van der Waals surface area (Å²) < 4.78 is 0. The number of aromatic amines is 1. The normalized spacial score (nSPS) is 31.8. The molecule has 2 bridgehead atoms. The molecule has 0 aromatic carbocycles. The van der Waals surface area contributed by atoms with Crippen LogP contribution in [0.5, 0.6) is 0 Å². The van der Waals surface area contributed by atoms with Crippen LogP contribution >= 0.6 is 0 Å². The van der Waals surface area contributed by atoms with Crippen molar-refractivity contribution in [1.29, 1.82) is 0 Å². The van der Waals surface area contributed by atoms with Crippen LogP contribution in [0.15, 0.2) is 18.5 Å². The van der Waals surface area contributed by atoms with Crippen molar-refractivity contribution in [2.75, 3.05) is 6.54 Å². The van der Waals surface area contributed by atoms with Gasteiger partial charge in [-0.05, 0) is 30.9 Å². The lowest BCUT2D eigenvalue weighted by molar-refractivity contribution is 0.417. The lowest BCUT2D eigenvalue weighted by Gasteiger charge is -2.22. The first-order chi connectivity index (χ1) is 6.43. The van der Waals surface area contributed by atoms with E-state index in [1.807, 2.05) is 12.4 Å². The number of fused-ring (bicyclic) bond motifs is 2. The Bertz CT molecular complexity index is 326. The second kappa shape index (κ2) is 2.70. The third-order valence-electron chi connectivity index (χ3n) is 3.07. The fourth-order valence-electron chi connectivity index (χ4n) is 2.41. The van der Waals surface area contributed by atoms with Crippen molar-refractivity contribution in [3.63, 3.8) is 0 Å². The number of allylic oxidation sites excluding steroid dienone is 1. The second-order valence-electron chi connectivity index (χ2n) is 3.90. The van der Waals surface area contributed by atoms with Gasteiger partial charge < -0.3 is 5.32 Å². The van der Waals surface area contributed by atoms with Crippen LogP contribution < -0.4 is 5.32 Å². The van der Waals surface area contributed by atoms with E-state index in [9.17, 15) is 0 Å². The number of nitrogens with one attached hydrogen (secondary N) is 2. The van der Waals surface area contributed by atoms with Crippen molar-refractivity contribution < 1.29 is 0 Å². The molecule has 68 valence electrons. The zero-order valence-electron chi connectivity index (χ0n) is 7.46. The molecule has 3 rings (SSSR count). The summed E-state index contributed by atoms with van der Waals surface area (Å²) in [7, 11) is 0. The molecule has 2 atom stereocenters. The minimum Gasteiger partial charge on any atom is -0.310 e. The molecule has 1 fully saturated rings. The molecule has 2 aliphatic rings. The molecule has 1 aromatic rings. The summed E-state index contributed by atoms with van der Waals surface area (Å²) in [6.45, 7) is 1.16. The van der Waals surface area contributed by atoms with E-state index in [4.69, 9.17) is 0 Å². The van der Waals surface area contributed by atoms with Gasteiger partial charge in [-0.25, -0.2) is 0 Å². The zero-order chi connectivity index (χ0) is 8.67. The Morgan fingerprint density at radius 1 is 1.46 bits per heavy atom. The molecule has 0 amide bonds. The molecule has 2 N–H and O–H groups in total. The van der Waals surface area contributed by atoms with E-state index < -0.39 is 0 Å². The summed E-state index contributed by atoms with van der Waals surface area (Å²) in [5, 5.41) is 10.4. The average Bonchev–Trinajstić information content (AvgIpc) is 2.74. The monoisotopic (exact) mass is 175 g/mol. The largest absolute Gasteiger partial charge is 0.310 e. The van der Waals surface area contributed by atoms with Crippen LogP contribution in [0.4, 0.5) is 0 Å². The Morgan fingerprint density at radius 3 is 3.23 bits per heavy atom. The van der Waals surface area contributed by atoms with Crippen molar-refractivity contribution in [1.82, 2.24) is 15.5 Å². The fourth-order valence-corrected chi connectivity index (χ4v) is 2.41. The number of rotatable bonds is 1. The van der Waals surface area contributed by atoms with E-state index in [2.05, 4.69) is 21.6 Å². The van der Waals surface area contributed by atoms with Crippen LogP contribution in [0.2, 0.25) is 0 Å². The molecule has 1 saturated heterocycles. The molecular formula is C10H13N3. The van der Waals surface area contributed by atoms with Crippen molar-refractivity contribution in [2.24, 2.45) is 5.92 Å². The maximum atomic E-state index is 3.99. The summed E-state index contributed by atoms with van der Waals surface area (Å²) in [5.74, 6) is 0.802. The lowest BCUT2D eigenvalue weighted by Crippen LogP contribution is -2.34. The highest BCUT2D eigenvalue weighted by atomic mass is 15.1. The Morgan fingerprint density at radius 2 is 2.46 bits per heavy atom. The Hall–Kier alpha value is -1.09. The first-order valence-electron chi connectivity index (χ1n) is 4.88. The molecule has 13 heavy (non-hydrogen) atoms. The molecule has 1 aliphatic heterocycles. The topological polar surface area (TPSA) is 40.7 Å². The van der Waals surface area contributed by atoms with Gasteiger partial charge in [0.2, 0.25) is 0 Å². The molecule has 1 aliphatic carbocycles. The van der Waals surface area contributed by atoms with E-state index in [0.717, 1.165) is 12.5 Å². The maximum Gasteiger partial charge on any atom is 0.0562 e. The number of piperidine rings is 1. The van der Waals surface area contributed by atoms with Crippen LogP contribution in [0, 0.1) is 5.92 Å². The average molecular weight is 175 g/mol. The van der Waals surface area contributed by atoms with Crippen molar-refractivity contribution in [3.05, 3.63) is 24.0 Å². The Labute approximate surface area is 77.2 Å². The van der Waals surface area contributed by atoms with Gasteiger partial charge in [0.1, 0.15) is 0 Å². The zero-order valence-corrected chi connectivity index (χ0v) is 7.46. The highest BCUT2D eigenvalue weighted by molar-refractivity contribution is 5.71. The van der Waals surface area contributed by atoms with Gasteiger partial charge in [-0.1, -0.05) is 6.08 Å².